The largest absolute Gasteiger partial charge is 0.462 e. The normalized spacial score (nSPS) is 18.5. The van der Waals surface area contributed by atoms with Gasteiger partial charge in [0, 0.05) is 10.9 Å². The van der Waals surface area contributed by atoms with Crippen LogP contribution in [0.5, 0.6) is 0 Å². The highest BCUT2D eigenvalue weighted by Gasteiger charge is 2.22. The van der Waals surface area contributed by atoms with Gasteiger partial charge in [-0.25, -0.2) is 4.79 Å². The van der Waals surface area contributed by atoms with Crippen molar-refractivity contribution < 1.29 is 9.53 Å². The zero-order valence-corrected chi connectivity index (χ0v) is 11.6. The molecule has 0 atom stereocenters. The van der Waals surface area contributed by atoms with Crippen LogP contribution in [-0.4, -0.2) is 12.6 Å². The summed E-state index contributed by atoms with van der Waals surface area (Å²) in [5.74, 6) is 0.316. The summed E-state index contributed by atoms with van der Waals surface area (Å²) in [5.41, 5.74) is 3.07. The molecule has 3 heteroatoms. The lowest BCUT2D eigenvalue weighted by atomic mass is 10.0. The minimum atomic E-state index is -0.204. The van der Waals surface area contributed by atoms with Crippen molar-refractivity contribution in [2.24, 2.45) is 0 Å². The lowest BCUT2D eigenvalue weighted by Gasteiger charge is -2.07. The van der Waals surface area contributed by atoms with E-state index >= 15 is 0 Å². The Morgan fingerprint density at radius 1 is 1.29 bits per heavy atom. The number of hydrogen-bond acceptors (Lipinski definition) is 2. The van der Waals surface area contributed by atoms with E-state index in [1.54, 1.807) is 0 Å². The van der Waals surface area contributed by atoms with Crippen molar-refractivity contribution in [3.63, 3.8) is 0 Å². The van der Waals surface area contributed by atoms with E-state index in [2.05, 4.69) is 41.9 Å². The second kappa shape index (κ2) is 5.05. The van der Waals surface area contributed by atoms with Crippen LogP contribution < -0.4 is 0 Å². The van der Waals surface area contributed by atoms with E-state index in [-0.39, 0.29) is 5.97 Å². The molecule has 0 amide bonds. The molecular weight excluding hydrogens is 280 g/mol. The molecule has 17 heavy (non-hydrogen) atoms. The molecule has 0 N–H and O–H groups in total. The molecule has 1 aromatic rings. The van der Waals surface area contributed by atoms with Crippen LogP contribution in [-0.2, 0) is 9.53 Å². The summed E-state index contributed by atoms with van der Waals surface area (Å²) < 4.78 is 5.80. The molecule has 2 nitrogen and oxygen atoms in total. The standard InChI is InChI=1S/C14H15BrO2/c1-9(2)10-3-5-11(6-4-10)13(15)12-7-8-17-14(12)16/h3-6,9H,7-8H2,1-2H3/b13-12+. The predicted molar refractivity (Wildman–Crippen MR) is 72.0 cm³/mol. The number of benzene rings is 1. The molecule has 1 aliphatic rings. The third-order valence-electron chi connectivity index (χ3n) is 2.93. The zero-order valence-electron chi connectivity index (χ0n) is 10.00. The first-order chi connectivity index (χ1) is 8.09. The Balaban J connectivity index is 2.31. The first kappa shape index (κ1) is 12.4. The lowest BCUT2D eigenvalue weighted by molar-refractivity contribution is -0.134. The van der Waals surface area contributed by atoms with Gasteiger partial charge in [0.1, 0.15) is 0 Å². The summed E-state index contributed by atoms with van der Waals surface area (Å²) in [5, 5.41) is 0. The van der Waals surface area contributed by atoms with Crippen molar-refractivity contribution in [1.29, 1.82) is 0 Å². The molecule has 2 rings (SSSR count). The summed E-state index contributed by atoms with van der Waals surface area (Å²) >= 11 is 3.49. The highest BCUT2D eigenvalue weighted by atomic mass is 79.9. The fraction of sp³-hybridized carbons (Fsp3) is 0.357. The highest BCUT2D eigenvalue weighted by Crippen LogP contribution is 2.31. The number of carbonyl (C=O) groups is 1. The maximum absolute atomic E-state index is 11.5. The predicted octanol–water partition coefficient (Wildman–Crippen LogP) is 3.86. The van der Waals surface area contributed by atoms with E-state index in [1.165, 1.54) is 5.56 Å². The summed E-state index contributed by atoms with van der Waals surface area (Å²) in [7, 11) is 0. The van der Waals surface area contributed by atoms with Crippen LogP contribution in [0.15, 0.2) is 29.8 Å². The van der Waals surface area contributed by atoms with Crippen molar-refractivity contribution >= 4 is 26.4 Å². The summed E-state index contributed by atoms with van der Waals surface area (Å²) in [6, 6.07) is 8.28. The van der Waals surface area contributed by atoms with Crippen LogP contribution in [0.25, 0.3) is 4.48 Å². The molecule has 1 fully saturated rings. The Hall–Kier alpha value is -1.09. The van der Waals surface area contributed by atoms with Gasteiger partial charge >= 0.3 is 5.97 Å². The van der Waals surface area contributed by atoms with Crippen LogP contribution in [0.4, 0.5) is 0 Å². The molecule has 1 aliphatic heterocycles. The summed E-state index contributed by atoms with van der Waals surface area (Å²) in [6.45, 7) is 4.82. The number of halogens is 1. The maximum Gasteiger partial charge on any atom is 0.335 e. The SMILES string of the molecule is CC(C)c1ccc(/C(Br)=C2/CCOC2=O)cc1. The fourth-order valence-corrected chi connectivity index (χ4v) is 2.45. The molecule has 0 unspecified atom stereocenters. The molecule has 1 saturated heterocycles. The molecule has 0 aliphatic carbocycles. The van der Waals surface area contributed by atoms with E-state index in [9.17, 15) is 4.79 Å². The fourth-order valence-electron chi connectivity index (χ4n) is 1.82. The molecule has 0 saturated carbocycles. The first-order valence-corrected chi connectivity index (χ1v) is 6.55. The minimum Gasteiger partial charge on any atom is -0.462 e. The van der Waals surface area contributed by atoms with Gasteiger partial charge in [0.25, 0.3) is 0 Å². The summed E-state index contributed by atoms with van der Waals surface area (Å²) in [4.78, 5) is 11.5. The summed E-state index contributed by atoms with van der Waals surface area (Å²) in [6.07, 6.45) is 0.686. The van der Waals surface area contributed by atoms with Crippen LogP contribution >= 0.6 is 15.9 Å². The Kier molecular flexibility index (Phi) is 3.67. The third kappa shape index (κ3) is 2.60. The van der Waals surface area contributed by atoms with Crippen LogP contribution in [0.2, 0.25) is 0 Å². The van der Waals surface area contributed by atoms with E-state index in [1.807, 2.05) is 12.1 Å². The Labute approximate surface area is 110 Å². The van der Waals surface area contributed by atoms with Crippen LogP contribution in [0.1, 0.15) is 37.3 Å². The topological polar surface area (TPSA) is 26.3 Å². The Bertz CT molecular complexity index is 458. The second-order valence-electron chi connectivity index (χ2n) is 4.46. The average molecular weight is 295 g/mol. The smallest absolute Gasteiger partial charge is 0.335 e. The van der Waals surface area contributed by atoms with Crippen LogP contribution in [0, 0.1) is 0 Å². The highest BCUT2D eigenvalue weighted by molar-refractivity contribution is 9.15. The van der Waals surface area contributed by atoms with Gasteiger partial charge in [0.05, 0.1) is 12.2 Å². The number of hydrogen-bond donors (Lipinski definition) is 0. The lowest BCUT2D eigenvalue weighted by Crippen LogP contribution is -1.96. The van der Waals surface area contributed by atoms with Crippen molar-refractivity contribution in [3.8, 4) is 0 Å². The quantitative estimate of drug-likeness (QED) is 0.611. The van der Waals surface area contributed by atoms with Crippen molar-refractivity contribution in [3.05, 3.63) is 41.0 Å². The molecular formula is C14H15BrO2. The number of esters is 1. The molecule has 0 spiro atoms. The number of rotatable bonds is 2. The molecule has 1 heterocycles. The van der Waals surface area contributed by atoms with Gasteiger partial charge in [-0.1, -0.05) is 38.1 Å². The van der Waals surface area contributed by atoms with Crippen LogP contribution in [0.3, 0.4) is 0 Å². The Morgan fingerprint density at radius 3 is 2.41 bits per heavy atom. The number of carbonyl (C=O) groups excluding carboxylic acids is 1. The van der Waals surface area contributed by atoms with E-state index in [0.717, 1.165) is 15.6 Å². The van der Waals surface area contributed by atoms with Gasteiger partial charge in [0.2, 0.25) is 0 Å². The molecule has 90 valence electrons. The maximum atomic E-state index is 11.5. The Morgan fingerprint density at radius 2 is 1.94 bits per heavy atom. The van der Waals surface area contributed by atoms with Gasteiger partial charge in [0.15, 0.2) is 0 Å². The molecule has 0 aromatic heterocycles. The van der Waals surface area contributed by atoms with Crippen molar-refractivity contribution in [1.82, 2.24) is 0 Å². The van der Waals surface area contributed by atoms with Gasteiger partial charge in [-0.3, -0.25) is 0 Å². The first-order valence-electron chi connectivity index (χ1n) is 5.75. The molecule has 0 radical (unpaired) electrons. The van der Waals surface area contributed by atoms with Gasteiger partial charge < -0.3 is 4.74 Å². The van der Waals surface area contributed by atoms with Gasteiger partial charge in [-0.15, -0.1) is 0 Å². The average Bonchev–Trinajstić information content (AvgIpc) is 2.74. The molecule has 1 aromatic carbocycles. The van der Waals surface area contributed by atoms with Crippen molar-refractivity contribution in [2.75, 3.05) is 6.61 Å². The van der Waals surface area contributed by atoms with Gasteiger partial charge in [-0.2, -0.15) is 0 Å². The monoisotopic (exact) mass is 294 g/mol. The second-order valence-corrected chi connectivity index (χ2v) is 5.25. The minimum absolute atomic E-state index is 0.204. The van der Waals surface area contributed by atoms with E-state index < -0.39 is 0 Å². The third-order valence-corrected chi connectivity index (χ3v) is 3.86. The zero-order chi connectivity index (χ0) is 12.4. The van der Waals surface area contributed by atoms with E-state index in [0.29, 0.717) is 18.9 Å². The molecule has 0 bridgehead atoms. The van der Waals surface area contributed by atoms with Crippen molar-refractivity contribution in [2.45, 2.75) is 26.2 Å². The number of ether oxygens (including phenoxy) is 1. The van der Waals surface area contributed by atoms with E-state index in [4.69, 9.17) is 4.74 Å². The number of cyclic esters (lactones) is 1. The van der Waals surface area contributed by atoms with Gasteiger partial charge in [-0.05, 0) is 33.0 Å².